The first-order valence-electron chi connectivity index (χ1n) is 11.0. The number of halogens is 1. The fourth-order valence-corrected chi connectivity index (χ4v) is 5.63. The maximum atomic E-state index is 14.6. The molecule has 0 radical (unpaired) electrons. The molecule has 1 aromatic carbocycles. The van der Waals surface area contributed by atoms with Gasteiger partial charge in [-0.2, -0.15) is 0 Å². The number of likely N-dealkylation sites (tertiary alicyclic amines) is 2. The van der Waals surface area contributed by atoms with E-state index in [9.17, 15) is 14.3 Å². The SMILES string of the molecule is COc1cccc(CN2CC[C@@H](O)[C@]3(CCCN(C(=O)C4CCCC4)C3)C2)c1F. The zero-order chi connectivity index (χ0) is 20.4. The van der Waals surface area contributed by atoms with Crippen LogP contribution in [0.4, 0.5) is 4.39 Å². The second-order valence-electron chi connectivity index (χ2n) is 9.16. The molecule has 1 amide bonds. The number of ether oxygens (including phenoxy) is 1. The van der Waals surface area contributed by atoms with E-state index in [4.69, 9.17) is 4.74 Å². The predicted molar refractivity (Wildman–Crippen MR) is 109 cm³/mol. The molecular formula is C23H33FN2O3. The standard InChI is InChI=1S/C23H33FN2O3/c1-29-19-9-4-8-18(21(19)24)14-25-13-10-20(27)23(15-25)11-5-12-26(16-23)22(28)17-6-2-3-7-17/h4,8-9,17,20,27H,2-3,5-7,10-16H2,1H3/t20-,23-/m1/s1. The molecule has 1 saturated carbocycles. The van der Waals surface area contributed by atoms with Crippen LogP contribution in [-0.4, -0.2) is 60.2 Å². The summed E-state index contributed by atoms with van der Waals surface area (Å²) >= 11 is 0. The van der Waals surface area contributed by atoms with Crippen LogP contribution in [0.25, 0.3) is 0 Å². The number of amides is 1. The van der Waals surface area contributed by atoms with E-state index in [0.717, 1.165) is 51.6 Å². The lowest BCUT2D eigenvalue weighted by Crippen LogP contribution is -2.60. The number of hydrogen-bond acceptors (Lipinski definition) is 4. The van der Waals surface area contributed by atoms with Crippen LogP contribution in [0.2, 0.25) is 0 Å². The minimum atomic E-state index is -0.409. The van der Waals surface area contributed by atoms with Crippen molar-refractivity contribution in [2.75, 3.05) is 33.3 Å². The van der Waals surface area contributed by atoms with E-state index in [2.05, 4.69) is 4.90 Å². The molecule has 1 N–H and O–H groups in total. The van der Waals surface area contributed by atoms with Gasteiger partial charge in [-0.1, -0.05) is 25.0 Å². The third-order valence-electron chi connectivity index (χ3n) is 7.25. The zero-order valence-electron chi connectivity index (χ0n) is 17.4. The molecule has 2 aliphatic heterocycles. The Labute approximate surface area is 172 Å². The van der Waals surface area contributed by atoms with Crippen molar-refractivity contribution in [2.24, 2.45) is 11.3 Å². The molecule has 2 heterocycles. The average molecular weight is 405 g/mol. The number of aliphatic hydroxyl groups is 1. The van der Waals surface area contributed by atoms with Crippen LogP contribution in [0.15, 0.2) is 18.2 Å². The smallest absolute Gasteiger partial charge is 0.225 e. The fourth-order valence-electron chi connectivity index (χ4n) is 5.63. The predicted octanol–water partition coefficient (Wildman–Crippen LogP) is 3.20. The monoisotopic (exact) mass is 404 g/mol. The van der Waals surface area contributed by atoms with Crippen molar-refractivity contribution >= 4 is 5.91 Å². The summed E-state index contributed by atoms with van der Waals surface area (Å²) in [5.74, 6) is 0.412. The Morgan fingerprint density at radius 1 is 1.21 bits per heavy atom. The Morgan fingerprint density at radius 2 is 2.00 bits per heavy atom. The summed E-state index contributed by atoms with van der Waals surface area (Å²) in [6.07, 6.45) is 6.41. The van der Waals surface area contributed by atoms with Crippen molar-refractivity contribution in [1.82, 2.24) is 9.80 Å². The number of carbonyl (C=O) groups excluding carboxylic acids is 1. The number of nitrogens with zero attached hydrogens (tertiary/aromatic N) is 2. The Morgan fingerprint density at radius 3 is 2.76 bits per heavy atom. The number of benzene rings is 1. The molecule has 1 aliphatic carbocycles. The van der Waals surface area contributed by atoms with Gasteiger partial charge in [-0.05, 0) is 38.2 Å². The topological polar surface area (TPSA) is 53.0 Å². The second kappa shape index (κ2) is 8.60. The molecule has 0 bridgehead atoms. The van der Waals surface area contributed by atoms with Gasteiger partial charge in [-0.15, -0.1) is 0 Å². The van der Waals surface area contributed by atoms with Gasteiger partial charge < -0.3 is 14.7 Å². The van der Waals surface area contributed by atoms with E-state index in [1.807, 2.05) is 11.0 Å². The summed E-state index contributed by atoms with van der Waals surface area (Å²) in [6, 6.07) is 5.24. The lowest BCUT2D eigenvalue weighted by atomic mass is 9.71. The van der Waals surface area contributed by atoms with Crippen LogP contribution in [0.1, 0.15) is 50.5 Å². The highest BCUT2D eigenvalue weighted by Crippen LogP contribution is 2.40. The van der Waals surface area contributed by atoms with Crippen molar-refractivity contribution in [3.05, 3.63) is 29.6 Å². The van der Waals surface area contributed by atoms with E-state index in [0.29, 0.717) is 31.6 Å². The Kier molecular flexibility index (Phi) is 6.11. The van der Waals surface area contributed by atoms with Crippen LogP contribution in [0.3, 0.4) is 0 Å². The van der Waals surface area contributed by atoms with E-state index in [-0.39, 0.29) is 28.8 Å². The van der Waals surface area contributed by atoms with E-state index in [1.165, 1.54) is 7.11 Å². The van der Waals surface area contributed by atoms with Gasteiger partial charge in [-0.3, -0.25) is 9.69 Å². The first-order chi connectivity index (χ1) is 14.0. The van der Waals surface area contributed by atoms with E-state index >= 15 is 0 Å². The van der Waals surface area contributed by atoms with Gasteiger partial charge in [0.15, 0.2) is 11.6 Å². The third kappa shape index (κ3) is 4.15. The maximum absolute atomic E-state index is 14.6. The molecule has 29 heavy (non-hydrogen) atoms. The molecule has 3 fully saturated rings. The van der Waals surface area contributed by atoms with E-state index < -0.39 is 6.10 Å². The Bertz CT molecular complexity index is 737. The average Bonchev–Trinajstić information content (AvgIpc) is 3.27. The summed E-state index contributed by atoms with van der Waals surface area (Å²) in [6.45, 7) is 3.35. The van der Waals surface area contributed by atoms with Crippen LogP contribution >= 0.6 is 0 Å². The molecule has 0 unspecified atom stereocenters. The zero-order valence-corrected chi connectivity index (χ0v) is 17.4. The summed E-state index contributed by atoms with van der Waals surface area (Å²) in [5.41, 5.74) is 0.311. The highest BCUT2D eigenvalue weighted by atomic mass is 19.1. The molecular weight excluding hydrogens is 371 g/mol. The Hall–Kier alpha value is -1.66. The normalized spacial score (nSPS) is 28.8. The number of rotatable bonds is 4. The highest BCUT2D eigenvalue weighted by Gasteiger charge is 2.47. The number of carbonyl (C=O) groups is 1. The van der Waals surface area contributed by atoms with Crippen molar-refractivity contribution in [2.45, 2.75) is 57.6 Å². The van der Waals surface area contributed by atoms with Crippen LogP contribution in [0.5, 0.6) is 5.75 Å². The molecule has 6 heteroatoms. The van der Waals surface area contributed by atoms with Crippen LogP contribution in [-0.2, 0) is 11.3 Å². The van der Waals surface area contributed by atoms with Crippen molar-refractivity contribution in [1.29, 1.82) is 0 Å². The number of methoxy groups -OCH3 is 1. The molecule has 2 atom stereocenters. The molecule has 5 nitrogen and oxygen atoms in total. The molecule has 160 valence electrons. The minimum Gasteiger partial charge on any atom is -0.494 e. The van der Waals surface area contributed by atoms with Gasteiger partial charge in [0.25, 0.3) is 0 Å². The molecule has 4 rings (SSSR count). The molecule has 0 aromatic heterocycles. The first kappa shape index (κ1) is 20.6. The maximum Gasteiger partial charge on any atom is 0.225 e. The highest BCUT2D eigenvalue weighted by molar-refractivity contribution is 5.79. The van der Waals surface area contributed by atoms with Gasteiger partial charge in [0, 0.05) is 49.6 Å². The summed E-state index contributed by atoms with van der Waals surface area (Å²) < 4.78 is 19.7. The molecule has 2 saturated heterocycles. The summed E-state index contributed by atoms with van der Waals surface area (Å²) in [7, 11) is 1.48. The first-order valence-corrected chi connectivity index (χ1v) is 11.0. The van der Waals surface area contributed by atoms with Gasteiger partial charge in [0.2, 0.25) is 5.91 Å². The van der Waals surface area contributed by atoms with Gasteiger partial charge in [0.1, 0.15) is 0 Å². The second-order valence-corrected chi connectivity index (χ2v) is 9.16. The van der Waals surface area contributed by atoms with Crippen molar-refractivity contribution in [3.8, 4) is 5.75 Å². The van der Waals surface area contributed by atoms with E-state index in [1.54, 1.807) is 12.1 Å². The van der Waals surface area contributed by atoms with Crippen molar-refractivity contribution in [3.63, 3.8) is 0 Å². The fraction of sp³-hybridized carbons (Fsp3) is 0.696. The summed E-state index contributed by atoms with van der Waals surface area (Å²) in [4.78, 5) is 17.2. The van der Waals surface area contributed by atoms with Crippen LogP contribution in [0, 0.1) is 17.2 Å². The molecule has 3 aliphatic rings. The number of hydrogen-bond donors (Lipinski definition) is 1. The quantitative estimate of drug-likeness (QED) is 0.837. The lowest BCUT2D eigenvalue weighted by molar-refractivity contribution is -0.145. The van der Waals surface area contributed by atoms with Crippen molar-refractivity contribution < 1.29 is 19.0 Å². The number of piperidine rings is 2. The molecule has 1 aromatic rings. The van der Waals surface area contributed by atoms with Crippen LogP contribution < -0.4 is 4.74 Å². The van der Waals surface area contributed by atoms with Gasteiger partial charge in [0.05, 0.1) is 13.2 Å². The van der Waals surface area contributed by atoms with Gasteiger partial charge >= 0.3 is 0 Å². The minimum absolute atomic E-state index is 0.174. The van der Waals surface area contributed by atoms with Gasteiger partial charge in [-0.25, -0.2) is 4.39 Å². The lowest BCUT2D eigenvalue weighted by Gasteiger charge is -2.51. The third-order valence-corrected chi connectivity index (χ3v) is 7.25. The largest absolute Gasteiger partial charge is 0.494 e. The number of aliphatic hydroxyl groups excluding tert-OH is 1. The Balaban J connectivity index is 1.47. The molecule has 1 spiro atoms. The summed E-state index contributed by atoms with van der Waals surface area (Å²) in [5, 5.41) is 10.9.